The van der Waals surface area contributed by atoms with Crippen molar-refractivity contribution in [3.05, 3.63) is 28.7 Å². The second kappa shape index (κ2) is 5.48. The van der Waals surface area contributed by atoms with Gasteiger partial charge in [0.05, 0.1) is 47.1 Å². The molecule has 1 aromatic carbocycles. The van der Waals surface area contributed by atoms with Gasteiger partial charge in [0.25, 0.3) is 0 Å². The van der Waals surface area contributed by atoms with Gasteiger partial charge in [-0.2, -0.15) is 0 Å². The summed E-state index contributed by atoms with van der Waals surface area (Å²) in [5.41, 5.74) is 0. The van der Waals surface area contributed by atoms with Crippen LogP contribution in [0.15, 0.2) is 33.6 Å². The van der Waals surface area contributed by atoms with Gasteiger partial charge in [0, 0.05) is 9.37 Å². The Hall–Kier alpha value is 0.505. The van der Waals surface area contributed by atoms with Gasteiger partial charge < -0.3 is 0 Å². The van der Waals surface area contributed by atoms with Crippen LogP contribution in [0.3, 0.4) is 0 Å². The van der Waals surface area contributed by atoms with Gasteiger partial charge in [-0.05, 0) is 28.9 Å². The van der Waals surface area contributed by atoms with Crippen molar-refractivity contribution < 1.29 is 0 Å². The van der Waals surface area contributed by atoms with Gasteiger partial charge in [-0.3, -0.25) is 0 Å². The van der Waals surface area contributed by atoms with E-state index in [1.807, 2.05) is 11.8 Å². The zero-order valence-corrected chi connectivity index (χ0v) is 15.0. The lowest BCUT2D eigenvalue weighted by atomic mass is 9.21. The van der Waals surface area contributed by atoms with E-state index in [0.717, 1.165) is 4.47 Å². The van der Waals surface area contributed by atoms with E-state index in [1.165, 1.54) is 4.90 Å². The second-order valence-corrected chi connectivity index (χ2v) is 9.50. The summed E-state index contributed by atoms with van der Waals surface area (Å²) < 4.78 is 1.31. The van der Waals surface area contributed by atoms with Crippen LogP contribution in [0.4, 0.5) is 0 Å². The molecular weight excluding hydrogens is 296 g/mol. The lowest BCUT2D eigenvalue weighted by Crippen LogP contribution is -2.53. The molecule has 0 atom stereocenters. The molecule has 0 N–H and O–H groups in total. The van der Waals surface area contributed by atoms with Gasteiger partial charge in [0.1, 0.15) is 7.85 Å². The first kappa shape index (κ1) is 16.6. The number of hydrogen-bond donors (Lipinski definition) is 0. The Kier molecular flexibility index (Phi) is 5.04. The molecular formula is C9H18B7BrS. The third-order valence-corrected chi connectivity index (χ3v) is 6.67. The zero-order valence-electron chi connectivity index (χ0n) is 12.6. The molecule has 0 spiro atoms. The van der Waals surface area contributed by atoms with Crippen molar-refractivity contribution in [3.8, 4) is 0 Å². The van der Waals surface area contributed by atoms with E-state index >= 15 is 0 Å². The van der Waals surface area contributed by atoms with Crippen molar-refractivity contribution in [1.82, 2.24) is 0 Å². The largest absolute Gasteiger partial charge is 0.132 e. The van der Waals surface area contributed by atoms with Gasteiger partial charge in [-0.25, -0.2) is 0 Å². The highest BCUT2D eigenvalue weighted by Gasteiger charge is 2.45. The summed E-state index contributed by atoms with van der Waals surface area (Å²) >= 11 is 5.49. The van der Waals surface area contributed by atoms with Crippen LogP contribution in [0.1, 0.15) is 0 Å². The van der Waals surface area contributed by atoms with E-state index in [-0.39, 0.29) is 14.9 Å². The number of rotatable bonds is 4. The lowest BCUT2D eigenvalue weighted by Gasteiger charge is -2.52. The van der Waals surface area contributed by atoms with Crippen molar-refractivity contribution >= 4 is 82.6 Å². The summed E-state index contributed by atoms with van der Waals surface area (Å²) in [4.78, 5) is 1.34. The number of hydrogen-bond acceptors (Lipinski definition) is 1. The molecule has 0 aromatic heterocycles. The van der Waals surface area contributed by atoms with E-state index in [2.05, 4.69) is 95.1 Å². The lowest BCUT2D eigenvalue weighted by molar-refractivity contribution is 0.805. The molecule has 0 saturated carbocycles. The molecule has 0 amide bonds. The molecule has 0 unspecified atom stereocenters. The Morgan fingerprint density at radius 1 is 0.778 bits per heavy atom. The maximum absolute atomic E-state index is 3.49. The molecule has 9 heteroatoms. The standard InChI is InChI=1S/C9H18B7BrS/c10-7(8(11,12)13,9(14,15)16)18-6-3-1-5(17)2-4-6/h1-4H,10-16H2. The van der Waals surface area contributed by atoms with Crippen LogP contribution in [0.5, 0.6) is 0 Å². The summed E-state index contributed by atoms with van der Waals surface area (Å²) in [5.74, 6) is 0. The summed E-state index contributed by atoms with van der Waals surface area (Å²) in [6, 6.07) is 8.64. The highest BCUT2D eigenvalue weighted by Crippen LogP contribution is 2.52. The van der Waals surface area contributed by atoms with E-state index < -0.39 is 0 Å². The Bertz CT molecular complexity index is 394. The van der Waals surface area contributed by atoms with Crippen molar-refractivity contribution in [2.24, 2.45) is 0 Å². The predicted octanol–water partition coefficient (Wildman–Crippen LogP) is -3.18. The highest BCUT2D eigenvalue weighted by molar-refractivity contribution is 9.10. The molecule has 18 heavy (non-hydrogen) atoms. The predicted molar refractivity (Wildman–Crippen MR) is 108 cm³/mol. The molecule has 0 saturated heterocycles. The normalized spacial score (nSPS) is 13.4. The van der Waals surface area contributed by atoms with Gasteiger partial charge in [-0.1, -0.05) is 15.9 Å². The first-order valence-electron chi connectivity index (χ1n) is 6.42. The quantitative estimate of drug-likeness (QED) is 0.417. The van der Waals surface area contributed by atoms with Gasteiger partial charge in [-0.15, -0.1) is 22.0 Å². The average Bonchev–Trinajstić information content (AvgIpc) is 2.18. The number of benzene rings is 1. The molecule has 0 aliphatic heterocycles. The molecule has 0 bridgehead atoms. The van der Waals surface area contributed by atoms with Crippen LogP contribution >= 0.6 is 27.7 Å². The fraction of sp³-hybridized carbons (Fsp3) is 0.333. The van der Waals surface area contributed by atoms with Crippen LogP contribution in [0, 0.1) is 0 Å². The molecule has 88 valence electrons. The number of thioether (sulfide) groups is 1. The minimum atomic E-state index is 0.174. The van der Waals surface area contributed by atoms with Crippen LogP contribution < -0.4 is 0 Å². The monoisotopic (exact) mass is 314 g/mol. The van der Waals surface area contributed by atoms with E-state index in [9.17, 15) is 0 Å². The molecule has 0 heterocycles. The minimum Gasteiger partial charge on any atom is -0.132 e. The van der Waals surface area contributed by atoms with Crippen molar-refractivity contribution in [2.75, 3.05) is 0 Å². The van der Waals surface area contributed by atoms with E-state index in [1.54, 1.807) is 0 Å². The van der Waals surface area contributed by atoms with Crippen molar-refractivity contribution in [1.29, 1.82) is 0 Å². The van der Waals surface area contributed by atoms with Crippen molar-refractivity contribution in [2.45, 2.75) is 19.8 Å². The SMILES string of the molecule is BC(B)(B)C(B)(Sc1ccc(Br)cc1)C(B)(B)B. The maximum atomic E-state index is 3.49. The minimum absolute atomic E-state index is 0.174. The van der Waals surface area contributed by atoms with Crippen LogP contribution in [-0.4, -0.2) is 59.6 Å². The molecule has 0 aliphatic carbocycles. The molecule has 1 aromatic rings. The molecule has 0 aliphatic rings. The summed E-state index contributed by atoms with van der Waals surface area (Å²) in [6.07, 6.45) is 0. The van der Waals surface area contributed by atoms with E-state index in [4.69, 9.17) is 0 Å². The second-order valence-electron chi connectivity index (χ2n) is 7.09. The summed E-state index contributed by atoms with van der Waals surface area (Å²) in [5, 5.41) is 0.478. The third-order valence-electron chi connectivity index (χ3n) is 4.00. The maximum Gasteiger partial charge on any atom is 0.118 e. The Balaban J connectivity index is 3.12. The van der Waals surface area contributed by atoms with E-state index in [0.29, 0.717) is 0 Å². The smallest absolute Gasteiger partial charge is 0.118 e. The Labute approximate surface area is 131 Å². The molecule has 0 fully saturated rings. The third kappa shape index (κ3) is 3.53. The first-order chi connectivity index (χ1) is 7.97. The van der Waals surface area contributed by atoms with Crippen LogP contribution in [0.25, 0.3) is 0 Å². The Morgan fingerprint density at radius 2 is 1.17 bits per heavy atom. The molecule has 0 nitrogen and oxygen atoms in total. The van der Waals surface area contributed by atoms with Crippen LogP contribution in [0.2, 0.25) is 10.2 Å². The summed E-state index contributed by atoms with van der Waals surface area (Å²) in [7, 11) is 16.4. The summed E-state index contributed by atoms with van der Waals surface area (Å²) in [6.45, 7) is 0. The first-order valence-corrected chi connectivity index (χ1v) is 8.03. The van der Waals surface area contributed by atoms with Gasteiger partial charge in [0.2, 0.25) is 0 Å². The van der Waals surface area contributed by atoms with Gasteiger partial charge >= 0.3 is 0 Å². The zero-order chi connectivity index (χ0) is 14.2. The fourth-order valence-electron chi connectivity index (χ4n) is 2.17. The average molecular weight is 314 g/mol. The topological polar surface area (TPSA) is 0 Å². The van der Waals surface area contributed by atoms with Gasteiger partial charge in [0.15, 0.2) is 0 Å². The fourth-order valence-corrected chi connectivity index (χ4v) is 3.79. The Morgan fingerprint density at radius 3 is 1.50 bits per heavy atom. The van der Waals surface area contributed by atoms with Crippen molar-refractivity contribution in [3.63, 3.8) is 0 Å². The molecule has 1 rings (SSSR count). The van der Waals surface area contributed by atoms with Crippen LogP contribution in [-0.2, 0) is 0 Å². The highest BCUT2D eigenvalue weighted by atomic mass is 79.9. The number of halogens is 1. The molecule has 0 radical (unpaired) electrons.